The summed E-state index contributed by atoms with van der Waals surface area (Å²) in [7, 11) is 0. The van der Waals surface area contributed by atoms with Gasteiger partial charge in [0.05, 0.1) is 16.9 Å². The lowest BCUT2D eigenvalue weighted by Gasteiger charge is -1.92. The predicted molar refractivity (Wildman–Crippen MR) is 62.8 cm³/mol. The highest BCUT2D eigenvalue weighted by atomic mass is 35.5. The first-order valence-electron chi connectivity index (χ1n) is 4.32. The van der Waals surface area contributed by atoms with E-state index in [1.807, 2.05) is 12.1 Å². The molecule has 3 aromatic rings. The second-order valence-corrected chi connectivity index (χ2v) is 4.58. The molecule has 0 radical (unpaired) electrons. The number of nitrogens with one attached hydrogen (secondary N) is 1. The molecule has 0 atom stereocenters. The van der Waals surface area contributed by atoms with Gasteiger partial charge in [-0.2, -0.15) is 0 Å². The number of benzene rings is 1. The quantitative estimate of drug-likeness (QED) is 0.652. The lowest BCUT2D eigenvalue weighted by molar-refractivity contribution is 1.18. The van der Waals surface area contributed by atoms with Gasteiger partial charge in [-0.05, 0) is 12.1 Å². The van der Waals surface area contributed by atoms with Crippen LogP contribution in [0.15, 0.2) is 29.3 Å². The maximum Gasteiger partial charge on any atom is 0.268 e. The van der Waals surface area contributed by atoms with E-state index in [2.05, 4.69) is 9.97 Å². The Morgan fingerprint density at radius 3 is 3.13 bits per heavy atom. The van der Waals surface area contributed by atoms with Crippen molar-refractivity contribution < 1.29 is 0 Å². The molecule has 0 saturated heterocycles. The van der Waals surface area contributed by atoms with Crippen molar-refractivity contribution in [3.8, 4) is 0 Å². The van der Waals surface area contributed by atoms with Gasteiger partial charge in [0.25, 0.3) is 5.56 Å². The number of nitrogens with zero attached hydrogens (tertiary/aromatic N) is 1. The highest BCUT2D eigenvalue weighted by Crippen LogP contribution is 2.34. The third kappa shape index (κ3) is 1.19. The molecule has 0 aliphatic heterocycles. The zero-order valence-corrected chi connectivity index (χ0v) is 9.02. The summed E-state index contributed by atoms with van der Waals surface area (Å²) < 4.78 is 1.61. The summed E-state index contributed by atoms with van der Waals surface area (Å²) in [4.78, 5) is 18.2. The number of hydrogen-bond donors (Lipinski definition) is 1. The van der Waals surface area contributed by atoms with Crippen LogP contribution in [0.2, 0.25) is 5.02 Å². The number of thiophene rings is 1. The Hall–Kier alpha value is -1.39. The molecule has 0 saturated carbocycles. The summed E-state index contributed by atoms with van der Waals surface area (Å²) in [5.74, 6) is 0. The molecule has 0 aliphatic rings. The van der Waals surface area contributed by atoms with Gasteiger partial charge in [0.1, 0.15) is 4.70 Å². The van der Waals surface area contributed by atoms with Crippen molar-refractivity contribution in [3.05, 3.63) is 39.9 Å². The molecule has 3 nitrogen and oxygen atoms in total. The highest BCUT2D eigenvalue weighted by Gasteiger charge is 2.10. The molecule has 0 fully saturated rings. The van der Waals surface area contributed by atoms with Crippen molar-refractivity contribution in [2.75, 3.05) is 0 Å². The van der Waals surface area contributed by atoms with Crippen molar-refractivity contribution in [2.45, 2.75) is 0 Å². The fourth-order valence-electron chi connectivity index (χ4n) is 1.59. The van der Waals surface area contributed by atoms with E-state index in [1.54, 1.807) is 6.07 Å². The van der Waals surface area contributed by atoms with Crippen LogP contribution in [0.4, 0.5) is 0 Å². The second-order valence-electron chi connectivity index (χ2n) is 3.12. The summed E-state index contributed by atoms with van der Waals surface area (Å²) in [6.07, 6.45) is 1.40. The lowest BCUT2D eigenvalue weighted by Crippen LogP contribution is -2.03. The molecule has 15 heavy (non-hydrogen) atoms. The molecule has 2 aromatic heterocycles. The first-order valence-corrected chi connectivity index (χ1v) is 5.51. The fourth-order valence-corrected chi connectivity index (χ4v) is 2.99. The minimum Gasteiger partial charge on any atom is -0.312 e. The van der Waals surface area contributed by atoms with Gasteiger partial charge in [-0.15, -0.1) is 11.3 Å². The summed E-state index contributed by atoms with van der Waals surface area (Å²) in [6.45, 7) is 0. The minimum absolute atomic E-state index is 0.114. The Morgan fingerprint density at radius 1 is 1.40 bits per heavy atom. The molecule has 0 spiro atoms. The molecule has 0 bridgehead atoms. The van der Waals surface area contributed by atoms with Gasteiger partial charge >= 0.3 is 0 Å². The normalized spacial score (nSPS) is 11.3. The third-order valence-electron chi connectivity index (χ3n) is 2.23. The van der Waals surface area contributed by atoms with Gasteiger partial charge in [0, 0.05) is 10.1 Å². The van der Waals surface area contributed by atoms with Crippen molar-refractivity contribution >= 4 is 43.2 Å². The molecule has 74 valence electrons. The molecule has 1 aromatic carbocycles. The van der Waals surface area contributed by atoms with Gasteiger partial charge in [0.15, 0.2) is 0 Å². The van der Waals surface area contributed by atoms with Crippen LogP contribution in [-0.4, -0.2) is 9.97 Å². The first-order chi connectivity index (χ1) is 7.27. The van der Waals surface area contributed by atoms with Crippen LogP contribution in [0.25, 0.3) is 20.3 Å². The Morgan fingerprint density at radius 2 is 2.27 bits per heavy atom. The lowest BCUT2D eigenvalue weighted by atomic mass is 10.2. The molecule has 5 heteroatoms. The van der Waals surface area contributed by atoms with Crippen molar-refractivity contribution in [1.29, 1.82) is 0 Å². The topological polar surface area (TPSA) is 45.8 Å². The molecule has 0 unspecified atom stereocenters. The van der Waals surface area contributed by atoms with Crippen LogP contribution < -0.4 is 5.56 Å². The van der Waals surface area contributed by atoms with E-state index in [-0.39, 0.29) is 5.56 Å². The number of aromatic amines is 1. The maximum atomic E-state index is 11.5. The minimum atomic E-state index is -0.114. The van der Waals surface area contributed by atoms with E-state index in [9.17, 15) is 4.79 Å². The van der Waals surface area contributed by atoms with Crippen LogP contribution in [-0.2, 0) is 0 Å². The number of aromatic nitrogens is 2. The smallest absolute Gasteiger partial charge is 0.268 e. The number of halogens is 1. The van der Waals surface area contributed by atoms with E-state index in [0.29, 0.717) is 15.2 Å². The average Bonchev–Trinajstić information content (AvgIpc) is 2.59. The fraction of sp³-hybridized carbons (Fsp3) is 0. The van der Waals surface area contributed by atoms with E-state index in [4.69, 9.17) is 11.6 Å². The Kier molecular flexibility index (Phi) is 1.81. The van der Waals surface area contributed by atoms with Crippen LogP contribution in [0.3, 0.4) is 0 Å². The van der Waals surface area contributed by atoms with Gasteiger partial charge in [-0.25, -0.2) is 4.98 Å². The van der Waals surface area contributed by atoms with Crippen molar-refractivity contribution in [1.82, 2.24) is 9.97 Å². The average molecular weight is 237 g/mol. The summed E-state index contributed by atoms with van der Waals surface area (Å²) in [5, 5.41) is 1.50. The highest BCUT2D eigenvalue weighted by molar-refractivity contribution is 7.25. The van der Waals surface area contributed by atoms with Crippen LogP contribution >= 0.6 is 22.9 Å². The summed E-state index contributed by atoms with van der Waals surface area (Å²) >= 11 is 7.50. The number of rotatable bonds is 0. The maximum absolute atomic E-state index is 11.5. The zero-order chi connectivity index (χ0) is 10.4. The van der Waals surface area contributed by atoms with Crippen molar-refractivity contribution in [2.24, 2.45) is 0 Å². The molecular weight excluding hydrogens is 232 g/mol. The Balaban J connectivity index is 2.71. The molecule has 0 aliphatic carbocycles. The van der Waals surface area contributed by atoms with Crippen LogP contribution in [0, 0.1) is 0 Å². The zero-order valence-electron chi connectivity index (χ0n) is 7.45. The third-order valence-corrected chi connectivity index (χ3v) is 3.69. The van der Waals surface area contributed by atoms with E-state index in [1.165, 1.54) is 17.7 Å². The molecule has 3 rings (SSSR count). The number of H-pyrrole nitrogens is 1. The van der Waals surface area contributed by atoms with E-state index < -0.39 is 0 Å². The Labute approximate surface area is 93.3 Å². The summed E-state index contributed by atoms with van der Waals surface area (Å²) in [6, 6.07) is 5.61. The van der Waals surface area contributed by atoms with Gasteiger partial charge in [0.2, 0.25) is 0 Å². The number of hydrogen-bond acceptors (Lipinski definition) is 3. The molecule has 2 heterocycles. The van der Waals surface area contributed by atoms with E-state index >= 15 is 0 Å². The molecular formula is C10H5ClN2OS. The van der Waals surface area contributed by atoms with Gasteiger partial charge in [-0.1, -0.05) is 17.7 Å². The standard InChI is InChI=1S/C10H5ClN2OS/c11-5-2-1-3-6-7(5)8-9(15-6)10(14)13-4-12-8/h1-4H,(H,12,13,14). The summed E-state index contributed by atoms with van der Waals surface area (Å²) in [5.41, 5.74) is 0.571. The van der Waals surface area contributed by atoms with Crippen LogP contribution in [0.1, 0.15) is 0 Å². The first kappa shape index (κ1) is 8.88. The second kappa shape index (κ2) is 3.05. The molecule has 0 amide bonds. The van der Waals surface area contributed by atoms with Gasteiger partial charge in [-0.3, -0.25) is 4.79 Å². The van der Waals surface area contributed by atoms with E-state index in [0.717, 1.165) is 10.1 Å². The van der Waals surface area contributed by atoms with Crippen molar-refractivity contribution in [3.63, 3.8) is 0 Å². The Bertz CT molecular complexity index is 716. The largest absolute Gasteiger partial charge is 0.312 e. The molecule has 1 N–H and O–H groups in total. The SMILES string of the molecule is O=c1[nH]cnc2c1sc1cccc(Cl)c12. The van der Waals surface area contributed by atoms with Crippen LogP contribution in [0.5, 0.6) is 0 Å². The van der Waals surface area contributed by atoms with Gasteiger partial charge < -0.3 is 4.98 Å². The predicted octanol–water partition coefficient (Wildman–Crippen LogP) is 2.79. The number of fused-ring (bicyclic) bond motifs is 3. The monoisotopic (exact) mass is 236 g/mol.